The number of primary amides is 1. The largest absolute Gasteiger partial charge is 0.450 e. The molecule has 0 unspecified atom stereocenters. The summed E-state index contributed by atoms with van der Waals surface area (Å²) in [5.41, 5.74) is 10.1. The van der Waals surface area contributed by atoms with Crippen molar-refractivity contribution in [2.75, 3.05) is 68.0 Å². The zero-order chi connectivity index (χ0) is 30.3. The standard InChI is InChI=1S/C27H26F3N9O4/c28-27(29,30)18-13-20(31)33-14-17(18)23-34-25(36-26(35-23)39-8-10-42-11-9-39)38-6-4-37(5-7-38)24(41)19-12-15-2-1-3-16(22(32)40)21(15)43-19/h1-3,12-14H,4-11H2,(H2,31,33)(H2,32,40). The number of pyridine rings is 1. The average molecular weight is 598 g/mol. The minimum atomic E-state index is -4.72. The number of hydrogen-bond acceptors (Lipinski definition) is 11. The Bertz CT molecular complexity index is 1700. The molecule has 0 saturated carbocycles. The molecule has 2 fully saturated rings. The first-order chi connectivity index (χ1) is 20.6. The van der Waals surface area contributed by atoms with Gasteiger partial charge in [-0.15, -0.1) is 0 Å². The maximum absolute atomic E-state index is 14.0. The molecule has 0 aliphatic carbocycles. The third-order valence-corrected chi connectivity index (χ3v) is 7.25. The van der Waals surface area contributed by atoms with Gasteiger partial charge in [0.05, 0.1) is 29.9 Å². The van der Waals surface area contributed by atoms with Crippen molar-refractivity contribution >= 4 is 40.5 Å². The van der Waals surface area contributed by atoms with Crippen LogP contribution in [0.5, 0.6) is 0 Å². The van der Waals surface area contributed by atoms with E-state index in [-0.39, 0.29) is 78.1 Å². The van der Waals surface area contributed by atoms with Crippen molar-refractivity contribution in [3.05, 3.63) is 53.4 Å². The van der Waals surface area contributed by atoms with Crippen molar-refractivity contribution in [3.63, 3.8) is 0 Å². The number of nitrogen functional groups attached to an aromatic ring is 1. The van der Waals surface area contributed by atoms with E-state index in [9.17, 15) is 22.8 Å². The second-order valence-electron chi connectivity index (χ2n) is 9.99. The van der Waals surface area contributed by atoms with Crippen LogP contribution >= 0.6 is 0 Å². The number of halogens is 3. The van der Waals surface area contributed by atoms with Crippen molar-refractivity contribution in [2.24, 2.45) is 5.73 Å². The van der Waals surface area contributed by atoms with Crippen LogP contribution in [0.4, 0.5) is 30.9 Å². The van der Waals surface area contributed by atoms with E-state index in [1.807, 2.05) is 4.90 Å². The molecule has 4 N–H and O–H groups in total. The van der Waals surface area contributed by atoms with Gasteiger partial charge in [-0.25, -0.2) is 4.98 Å². The first kappa shape index (κ1) is 28.1. The number of anilines is 3. The fraction of sp³-hybridized carbons (Fsp3) is 0.333. The van der Waals surface area contributed by atoms with Gasteiger partial charge in [0.1, 0.15) is 11.4 Å². The molecule has 13 nitrogen and oxygen atoms in total. The highest BCUT2D eigenvalue weighted by molar-refractivity contribution is 6.06. The van der Waals surface area contributed by atoms with Gasteiger partial charge in [0, 0.05) is 50.9 Å². The zero-order valence-electron chi connectivity index (χ0n) is 22.7. The van der Waals surface area contributed by atoms with Crippen LogP contribution < -0.4 is 21.3 Å². The number of fused-ring (bicyclic) bond motifs is 1. The Morgan fingerprint density at radius 3 is 2.23 bits per heavy atom. The lowest BCUT2D eigenvalue weighted by Crippen LogP contribution is -2.49. The number of carbonyl (C=O) groups excluding carboxylic acids is 2. The molecular formula is C27H26F3N9O4. The van der Waals surface area contributed by atoms with Crippen molar-refractivity contribution in [3.8, 4) is 11.4 Å². The van der Waals surface area contributed by atoms with E-state index in [2.05, 4.69) is 19.9 Å². The highest BCUT2D eigenvalue weighted by Crippen LogP contribution is 2.37. The van der Waals surface area contributed by atoms with Gasteiger partial charge in [-0.05, 0) is 18.2 Å². The predicted molar refractivity (Wildman–Crippen MR) is 148 cm³/mol. The SMILES string of the molecule is NC(=O)c1cccc2cc(C(=O)N3CCN(c4nc(-c5cnc(N)cc5C(F)(F)F)nc(N5CCOCC5)n4)CC3)oc12. The second-order valence-corrected chi connectivity index (χ2v) is 9.99. The Hall–Kier alpha value is -4.99. The smallest absolute Gasteiger partial charge is 0.417 e. The molecule has 2 aliphatic heterocycles. The number of para-hydroxylation sites is 1. The molecule has 16 heteroatoms. The number of alkyl halides is 3. The van der Waals surface area contributed by atoms with Crippen LogP contribution in [-0.4, -0.2) is 89.1 Å². The van der Waals surface area contributed by atoms with Crippen LogP contribution in [0.3, 0.4) is 0 Å². The van der Waals surface area contributed by atoms with Crippen molar-refractivity contribution in [1.29, 1.82) is 0 Å². The third kappa shape index (κ3) is 5.60. The van der Waals surface area contributed by atoms with Crippen LogP contribution in [-0.2, 0) is 10.9 Å². The molecule has 2 amide bonds. The molecular weight excluding hydrogens is 571 g/mol. The fourth-order valence-corrected chi connectivity index (χ4v) is 5.03. The van der Waals surface area contributed by atoms with Crippen molar-refractivity contribution < 1.29 is 31.9 Å². The number of benzene rings is 1. The molecule has 0 spiro atoms. The van der Waals surface area contributed by atoms with Gasteiger partial charge in [0.25, 0.3) is 11.8 Å². The first-order valence-corrected chi connectivity index (χ1v) is 13.4. The molecule has 224 valence electrons. The van der Waals surface area contributed by atoms with E-state index in [0.29, 0.717) is 31.7 Å². The highest BCUT2D eigenvalue weighted by atomic mass is 19.4. The zero-order valence-corrected chi connectivity index (χ0v) is 22.7. The van der Waals surface area contributed by atoms with Gasteiger partial charge in [0.15, 0.2) is 11.6 Å². The number of nitrogens with two attached hydrogens (primary N) is 2. The third-order valence-electron chi connectivity index (χ3n) is 7.25. The average Bonchev–Trinajstić information content (AvgIpc) is 3.45. The van der Waals surface area contributed by atoms with E-state index in [1.54, 1.807) is 28.0 Å². The van der Waals surface area contributed by atoms with Crippen molar-refractivity contribution in [1.82, 2.24) is 24.8 Å². The molecule has 43 heavy (non-hydrogen) atoms. The molecule has 5 heterocycles. The molecule has 6 rings (SSSR count). The minimum absolute atomic E-state index is 0.0599. The Balaban J connectivity index is 1.28. The normalized spacial score (nSPS) is 16.1. The maximum atomic E-state index is 14.0. The van der Waals surface area contributed by atoms with Crippen LogP contribution in [0.2, 0.25) is 0 Å². The van der Waals surface area contributed by atoms with Crippen LogP contribution in [0.15, 0.2) is 40.9 Å². The minimum Gasteiger partial charge on any atom is -0.450 e. The van der Waals surface area contributed by atoms with Gasteiger partial charge < -0.3 is 35.3 Å². The number of morpholine rings is 1. The quantitative estimate of drug-likeness (QED) is 0.346. The second kappa shape index (κ2) is 11.0. The van der Waals surface area contributed by atoms with E-state index in [4.69, 9.17) is 20.6 Å². The van der Waals surface area contributed by atoms with Gasteiger partial charge in [0.2, 0.25) is 11.9 Å². The lowest BCUT2D eigenvalue weighted by Gasteiger charge is -2.35. The Labute approximate surface area is 242 Å². The number of furan rings is 1. The predicted octanol–water partition coefficient (Wildman–Crippen LogP) is 2.18. The van der Waals surface area contributed by atoms with Gasteiger partial charge in [-0.2, -0.15) is 28.1 Å². The summed E-state index contributed by atoms with van der Waals surface area (Å²) in [7, 11) is 0. The van der Waals surface area contributed by atoms with Crippen LogP contribution in [0.25, 0.3) is 22.4 Å². The van der Waals surface area contributed by atoms with E-state index >= 15 is 0 Å². The van der Waals surface area contributed by atoms with Gasteiger partial charge in [-0.3, -0.25) is 9.59 Å². The number of aromatic nitrogens is 4. The molecule has 4 aromatic rings. The van der Waals surface area contributed by atoms with Crippen molar-refractivity contribution in [2.45, 2.75) is 6.18 Å². The lowest BCUT2D eigenvalue weighted by atomic mass is 10.1. The summed E-state index contributed by atoms with van der Waals surface area (Å²) in [5, 5.41) is 0.571. The number of carbonyl (C=O) groups is 2. The Morgan fingerprint density at radius 1 is 0.907 bits per heavy atom. The monoisotopic (exact) mass is 597 g/mol. The lowest BCUT2D eigenvalue weighted by molar-refractivity contribution is -0.137. The molecule has 0 radical (unpaired) electrons. The highest BCUT2D eigenvalue weighted by Gasteiger charge is 2.36. The molecule has 2 aliphatic rings. The fourth-order valence-electron chi connectivity index (χ4n) is 5.03. The van der Waals surface area contributed by atoms with E-state index in [0.717, 1.165) is 12.3 Å². The summed E-state index contributed by atoms with van der Waals surface area (Å²) in [6.07, 6.45) is -3.72. The number of piperazine rings is 1. The molecule has 2 saturated heterocycles. The molecule has 1 aromatic carbocycles. The van der Waals surface area contributed by atoms with E-state index < -0.39 is 17.6 Å². The number of ether oxygens (including phenoxy) is 1. The summed E-state index contributed by atoms with van der Waals surface area (Å²) < 4.78 is 53.0. The van der Waals surface area contributed by atoms with Crippen LogP contribution in [0, 0.1) is 0 Å². The Kier molecular flexibility index (Phi) is 7.21. The molecule has 3 aromatic heterocycles. The summed E-state index contributed by atoms with van der Waals surface area (Å²) in [5.74, 6) is -1.09. The summed E-state index contributed by atoms with van der Waals surface area (Å²) >= 11 is 0. The number of hydrogen-bond donors (Lipinski definition) is 2. The Morgan fingerprint density at radius 2 is 1.58 bits per heavy atom. The maximum Gasteiger partial charge on any atom is 0.417 e. The summed E-state index contributed by atoms with van der Waals surface area (Å²) in [4.78, 5) is 47.4. The summed E-state index contributed by atoms with van der Waals surface area (Å²) in [6, 6.07) is 7.19. The number of amides is 2. The van der Waals surface area contributed by atoms with Crippen LogP contribution in [0.1, 0.15) is 26.5 Å². The van der Waals surface area contributed by atoms with Gasteiger partial charge >= 0.3 is 6.18 Å². The van der Waals surface area contributed by atoms with Gasteiger partial charge in [-0.1, -0.05) is 12.1 Å². The topological polar surface area (TPSA) is 170 Å². The summed E-state index contributed by atoms with van der Waals surface area (Å²) in [6.45, 7) is 2.81. The van der Waals surface area contributed by atoms with E-state index in [1.165, 1.54) is 6.07 Å². The molecule has 0 atom stereocenters. The molecule has 0 bridgehead atoms. The number of nitrogens with zero attached hydrogens (tertiary/aromatic N) is 7. The number of rotatable bonds is 5. The first-order valence-electron chi connectivity index (χ1n) is 13.4.